The molecule has 0 unspecified atom stereocenters. The van der Waals surface area contributed by atoms with Gasteiger partial charge in [-0.05, 0) is 48.5 Å². The van der Waals surface area contributed by atoms with Crippen molar-refractivity contribution >= 4 is 34.5 Å². The number of amides is 1. The van der Waals surface area contributed by atoms with Gasteiger partial charge >= 0.3 is 11.1 Å². The van der Waals surface area contributed by atoms with Gasteiger partial charge in [-0.15, -0.1) is 4.68 Å². The number of aryl methyl sites for hydroxylation is 1. The first-order valence-electron chi connectivity index (χ1n) is 8.08. The van der Waals surface area contributed by atoms with Crippen molar-refractivity contribution in [2.24, 2.45) is 11.6 Å². The summed E-state index contributed by atoms with van der Waals surface area (Å²) in [5.74, 6) is 4.43. The van der Waals surface area contributed by atoms with Crippen molar-refractivity contribution in [1.29, 1.82) is 0 Å². The highest BCUT2D eigenvalue weighted by Crippen LogP contribution is 2.14. The molecule has 8 nitrogen and oxygen atoms in total. The van der Waals surface area contributed by atoms with Gasteiger partial charge in [0.05, 0.1) is 11.3 Å². The fraction of sp³-hybridized carbons (Fsp3) is 0.167. The SMILES string of the molecule is Cc1ccc(CNC(=O)CS/C(N)=[N+](/NN)c2ccc(C(=O)O)cc2)cc1. The number of nitrogens with two attached hydrogens (primary N) is 2. The Hall–Kier alpha value is -3.04. The molecule has 0 aliphatic carbocycles. The summed E-state index contributed by atoms with van der Waals surface area (Å²) in [7, 11) is 0. The third kappa shape index (κ3) is 6.01. The van der Waals surface area contributed by atoms with E-state index in [1.807, 2.05) is 31.2 Å². The molecule has 0 saturated heterocycles. The first kappa shape index (κ1) is 20.3. The topological polar surface area (TPSA) is 133 Å². The number of aromatic carboxylic acids is 1. The molecular formula is C18H22N5O3S+. The van der Waals surface area contributed by atoms with Gasteiger partial charge in [0.2, 0.25) is 5.91 Å². The second-order valence-electron chi connectivity index (χ2n) is 5.71. The van der Waals surface area contributed by atoms with E-state index < -0.39 is 5.97 Å². The van der Waals surface area contributed by atoms with Crippen LogP contribution in [-0.4, -0.2) is 32.6 Å². The summed E-state index contributed by atoms with van der Waals surface area (Å²) in [5.41, 5.74) is 11.3. The summed E-state index contributed by atoms with van der Waals surface area (Å²) < 4.78 is 1.36. The molecule has 0 fully saturated rings. The van der Waals surface area contributed by atoms with Gasteiger partial charge in [0, 0.05) is 6.54 Å². The summed E-state index contributed by atoms with van der Waals surface area (Å²) in [5, 5.41) is 12.0. The molecule has 9 heteroatoms. The Labute approximate surface area is 161 Å². The molecule has 2 rings (SSSR count). The molecule has 2 aromatic carbocycles. The lowest BCUT2D eigenvalue weighted by Gasteiger charge is -2.08. The van der Waals surface area contributed by atoms with Crippen molar-refractivity contribution in [3.63, 3.8) is 0 Å². The first-order chi connectivity index (χ1) is 12.9. The Morgan fingerprint density at radius 2 is 1.74 bits per heavy atom. The lowest BCUT2D eigenvalue weighted by atomic mass is 10.1. The van der Waals surface area contributed by atoms with Crippen LogP contribution in [-0.2, 0) is 11.3 Å². The molecule has 0 radical (unpaired) electrons. The number of carbonyl (C=O) groups is 2. The standard InChI is InChI=1S/C18H21N5O3S/c1-12-2-4-13(5-3-12)10-21-16(24)11-27-18(19)23(22-20)15-8-6-14(7-9-15)17(25)26/h2-9,19,22H,10-11,20H2,1H3,(H2,21,24,25,26)/p+1. The van der Waals surface area contributed by atoms with Crippen LogP contribution in [0.25, 0.3) is 0 Å². The van der Waals surface area contributed by atoms with Crippen LogP contribution in [0.2, 0.25) is 0 Å². The molecule has 1 amide bonds. The van der Waals surface area contributed by atoms with E-state index in [1.165, 1.54) is 16.8 Å². The van der Waals surface area contributed by atoms with Crippen molar-refractivity contribution in [3.8, 4) is 0 Å². The van der Waals surface area contributed by atoms with Crippen LogP contribution in [0.3, 0.4) is 0 Å². The number of hydrazine groups is 2. The highest BCUT2D eigenvalue weighted by molar-refractivity contribution is 8.14. The number of carboxylic acids is 1. The van der Waals surface area contributed by atoms with Gasteiger partial charge in [-0.2, -0.15) is 5.53 Å². The van der Waals surface area contributed by atoms with E-state index in [-0.39, 0.29) is 22.4 Å². The minimum Gasteiger partial charge on any atom is -0.478 e. The van der Waals surface area contributed by atoms with E-state index in [0.29, 0.717) is 12.2 Å². The predicted molar refractivity (Wildman–Crippen MR) is 105 cm³/mol. The third-order valence-electron chi connectivity index (χ3n) is 3.68. The minimum absolute atomic E-state index is 0.114. The van der Waals surface area contributed by atoms with Crippen molar-refractivity contribution in [1.82, 2.24) is 10.9 Å². The lowest BCUT2D eigenvalue weighted by Crippen LogP contribution is -2.39. The van der Waals surface area contributed by atoms with Crippen molar-refractivity contribution in [2.75, 3.05) is 5.75 Å². The molecule has 0 bridgehead atoms. The Morgan fingerprint density at radius 1 is 1.11 bits per heavy atom. The fourth-order valence-electron chi connectivity index (χ4n) is 2.18. The quantitative estimate of drug-likeness (QED) is 0.158. The third-order valence-corrected chi connectivity index (χ3v) is 4.57. The second kappa shape index (κ2) is 9.60. The van der Waals surface area contributed by atoms with Crippen LogP contribution in [0.15, 0.2) is 48.5 Å². The smallest absolute Gasteiger partial charge is 0.335 e. The van der Waals surface area contributed by atoms with Crippen LogP contribution in [0.5, 0.6) is 0 Å². The van der Waals surface area contributed by atoms with Crippen molar-refractivity contribution in [3.05, 3.63) is 65.2 Å². The summed E-state index contributed by atoms with van der Waals surface area (Å²) >= 11 is 1.11. The van der Waals surface area contributed by atoms with Crippen LogP contribution in [0.4, 0.5) is 5.69 Å². The highest BCUT2D eigenvalue weighted by atomic mass is 32.2. The van der Waals surface area contributed by atoms with Crippen molar-refractivity contribution < 1.29 is 19.4 Å². The molecule has 142 valence electrons. The van der Waals surface area contributed by atoms with Gasteiger partial charge in [0.15, 0.2) is 5.69 Å². The summed E-state index contributed by atoms with van der Waals surface area (Å²) in [6, 6.07) is 13.9. The summed E-state index contributed by atoms with van der Waals surface area (Å²) in [6.07, 6.45) is 0. The number of benzene rings is 2. The van der Waals surface area contributed by atoms with Gasteiger partial charge in [0.25, 0.3) is 0 Å². The number of thioether (sulfide) groups is 1. The average Bonchev–Trinajstić information content (AvgIpc) is 2.67. The van der Waals surface area contributed by atoms with Crippen molar-refractivity contribution in [2.45, 2.75) is 13.5 Å². The zero-order chi connectivity index (χ0) is 19.8. The van der Waals surface area contributed by atoms with Gasteiger partial charge in [-0.1, -0.05) is 29.8 Å². The molecule has 0 spiro atoms. The fourth-order valence-corrected chi connectivity index (χ4v) is 2.85. The zero-order valence-electron chi connectivity index (χ0n) is 14.8. The van der Waals surface area contributed by atoms with E-state index in [9.17, 15) is 9.59 Å². The molecule has 0 heterocycles. The van der Waals surface area contributed by atoms with E-state index in [0.717, 1.165) is 22.9 Å². The molecule has 2 aromatic rings. The van der Waals surface area contributed by atoms with E-state index in [1.54, 1.807) is 12.1 Å². The molecule has 27 heavy (non-hydrogen) atoms. The van der Waals surface area contributed by atoms with E-state index in [4.69, 9.17) is 16.7 Å². The highest BCUT2D eigenvalue weighted by Gasteiger charge is 2.15. The predicted octanol–water partition coefficient (Wildman–Crippen LogP) is 1.08. The molecule has 7 N–H and O–H groups in total. The number of hydrazone groups is 1. The number of rotatable bonds is 7. The minimum atomic E-state index is -1.02. The number of amidine groups is 1. The van der Waals surface area contributed by atoms with E-state index in [2.05, 4.69) is 10.9 Å². The number of hydrogen-bond acceptors (Lipinski definition) is 5. The molecule has 0 saturated carbocycles. The van der Waals surface area contributed by atoms with Crippen LogP contribution in [0, 0.1) is 6.92 Å². The number of hydrogen-bond donors (Lipinski definition) is 5. The molecular weight excluding hydrogens is 366 g/mol. The van der Waals surface area contributed by atoms with Crippen LogP contribution >= 0.6 is 11.8 Å². The number of nitrogens with zero attached hydrogens (tertiary/aromatic N) is 1. The number of nitrogens with one attached hydrogen (secondary N) is 2. The Balaban J connectivity index is 1.94. The second-order valence-corrected chi connectivity index (χ2v) is 6.70. The summed E-state index contributed by atoms with van der Waals surface area (Å²) in [4.78, 5) is 22.9. The van der Waals surface area contributed by atoms with Gasteiger partial charge in [-0.3, -0.25) is 10.5 Å². The molecule has 0 aromatic heterocycles. The lowest BCUT2D eigenvalue weighted by molar-refractivity contribution is -0.507. The van der Waals surface area contributed by atoms with Crippen LogP contribution in [0.1, 0.15) is 21.5 Å². The molecule has 0 atom stereocenters. The Bertz CT molecular complexity index is 835. The van der Waals surface area contributed by atoms with Gasteiger partial charge in [-0.25, -0.2) is 10.6 Å². The Morgan fingerprint density at radius 3 is 2.30 bits per heavy atom. The van der Waals surface area contributed by atoms with Gasteiger partial charge in [0.1, 0.15) is 0 Å². The van der Waals surface area contributed by atoms with Gasteiger partial charge < -0.3 is 10.4 Å². The maximum absolute atomic E-state index is 12.0. The molecule has 0 aliphatic rings. The average molecular weight is 388 g/mol. The zero-order valence-corrected chi connectivity index (χ0v) is 15.6. The van der Waals surface area contributed by atoms with E-state index >= 15 is 0 Å². The Kier molecular flexibility index (Phi) is 7.21. The first-order valence-corrected chi connectivity index (χ1v) is 9.06. The normalized spacial score (nSPS) is 11.5. The van der Waals surface area contributed by atoms with Crippen LogP contribution < -0.4 is 22.4 Å². The maximum atomic E-state index is 12.0. The number of carboxylic acid groups (broad SMARTS) is 1. The summed E-state index contributed by atoms with van der Waals surface area (Å²) in [6.45, 7) is 2.44. The molecule has 0 aliphatic heterocycles. The maximum Gasteiger partial charge on any atom is 0.335 e. The number of carbonyl (C=O) groups excluding carboxylic acids is 1. The monoisotopic (exact) mass is 388 g/mol. The largest absolute Gasteiger partial charge is 0.478 e.